The molecule has 0 amide bonds. The molecular weight excluding hydrogens is 373 g/mol. The molecule has 23 heavy (non-hydrogen) atoms. The van der Waals surface area contributed by atoms with E-state index in [1.165, 1.54) is 21.3 Å². The van der Waals surface area contributed by atoms with Crippen LogP contribution in [0, 0.1) is 6.07 Å². The summed E-state index contributed by atoms with van der Waals surface area (Å²) < 4.78 is 20.8. The first-order chi connectivity index (χ1) is 10.6. The van der Waals surface area contributed by atoms with Gasteiger partial charge in [-0.3, -0.25) is 0 Å². The van der Waals surface area contributed by atoms with Gasteiger partial charge >= 0.3 is 0 Å². The van der Waals surface area contributed by atoms with Crippen LogP contribution in [0.3, 0.4) is 0 Å². The summed E-state index contributed by atoms with van der Waals surface area (Å²) in [5.41, 5.74) is 0.933. The van der Waals surface area contributed by atoms with Crippen molar-refractivity contribution in [1.29, 1.82) is 0 Å². The molecule has 0 fully saturated rings. The van der Waals surface area contributed by atoms with Crippen molar-refractivity contribution in [2.24, 2.45) is 0 Å². The summed E-state index contributed by atoms with van der Waals surface area (Å²) in [6.45, 7) is 0. The van der Waals surface area contributed by atoms with Gasteiger partial charge in [-0.25, -0.2) is 0 Å². The van der Waals surface area contributed by atoms with Crippen molar-refractivity contribution in [3.8, 4) is 23.0 Å². The topological polar surface area (TPSA) is 54.0 Å². The minimum absolute atomic E-state index is 0. The quantitative estimate of drug-likeness (QED) is 0.561. The van der Waals surface area contributed by atoms with Gasteiger partial charge in [0, 0.05) is 44.0 Å². The summed E-state index contributed by atoms with van der Waals surface area (Å²) in [7, 11) is 6.08. The Morgan fingerprint density at radius 1 is 0.870 bits per heavy atom. The summed E-state index contributed by atoms with van der Waals surface area (Å²) in [4.78, 5) is 12.6. The summed E-state index contributed by atoms with van der Waals surface area (Å²) >= 11 is 0. The molecule has 0 aliphatic carbocycles. The van der Waals surface area contributed by atoms with Gasteiger partial charge in [0.25, 0.3) is 0 Å². The first-order valence-electron chi connectivity index (χ1n) is 6.55. The molecule has 0 saturated heterocycles. The fourth-order valence-electron chi connectivity index (χ4n) is 2.06. The van der Waals surface area contributed by atoms with E-state index in [0.29, 0.717) is 34.1 Å². The minimum atomic E-state index is -0.168. The molecule has 0 aliphatic rings. The van der Waals surface area contributed by atoms with E-state index in [1.807, 2.05) is 0 Å². The van der Waals surface area contributed by atoms with Crippen molar-refractivity contribution < 1.29 is 56.5 Å². The third-order valence-corrected chi connectivity index (χ3v) is 3.19. The summed E-state index contributed by atoms with van der Waals surface area (Å²) in [6, 6.07) is 11.1. The van der Waals surface area contributed by atoms with Crippen molar-refractivity contribution in [2.45, 2.75) is 0 Å². The maximum absolute atomic E-state index is 12.6. The summed E-state index contributed by atoms with van der Waals surface area (Å²) in [5.74, 6) is 1.72. The van der Waals surface area contributed by atoms with E-state index >= 15 is 0 Å². The van der Waals surface area contributed by atoms with Crippen molar-refractivity contribution in [3.05, 3.63) is 47.5 Å². The normalized spacial score (nSPS) is 9.57. The van der Waals surface area contributed by atoms with Crippen molar-refractivity contribution >= 4 is 5.78 Å². The van der Waals surface area contributed by atoms with E-state index < -0.39 is 0 Å². The van der Waals surface area contributed by atoms with Crippen molar-refractivity contribution in [2.75, 3.05) is 28.4 Å². The van der Waals surface area contributed by atoms with Crippen LogP contribution in [0.5, 0.6) is 23.0 Å². The van der Waals surface area contributed by atoms with Gasteiger partial charge in [-0.1, -0.05) is 5.56 Å². The zero-order chi connectivity index (χ0) is 16.1. The van der Waals surface area contributed by atoms with Gasteiger partial charge < -0.3 is 23.7 Å². The van der Waals surface area contributed by atoms with Gasteiger partial charge in [-0.2, -0.15) is 12.1 Å². The molecule has 6 heteroatoms. The second-order valence-corrected chi connectivity index (χ2v) is 4.39. The van der Waals surface area contributed by atoms with Crippen LogP contribution < -0.4 is 18.9 Å². The maximum Gasteiger partial charge on any atom is 0.203 e. The van der Waals surface area contributed by atoms with Crippen LogP contribution in [0.15, 0.2) is 30.3 Å². The van der Waals surface area contributed by atoms with E-state index in [4.69, 9.17) is 18.9 Å². The Morgan fingerprint density at radius 3 is 1.87 bits per heavy atom. The number of ether oxygens (including phenoxy) is 4. The molecule has 119 valence electrons. The molecule has 0 N–H and O–H groups in total. The van der Waals surface area contributed by atoms with Gasteiger partial charge in [-0.15, -0.1) is 12.1 Å². The molecular formula is C17H17O5Y-. The zero-order valence-electron chi connectivity index (χ0n) is 13.5. The Labute approximate surface area is 160 Å². The second kappa shape index (κ2) is 8.89. The predicted molar refractivity (Wildman–Crippen MR) is 81.4 cm³/mol. The average molecular weight is 390 g/mol. The largest absolute Gasteiger partial charge is 0.523 e. The smallest absolute Gasteiger partial charge is 0.203 e. The van der Waals surface area contributed by atoms with Crippen LogP contribution in [0.1, 0.15) is 15.9 Å². The van der Waals surface area contributed by atoms with Crippen LogP contribution in [-0.2, 0) is 32.7 Å². The molecule has 0 aromatic heterocycles. The second-order valence-electron chi connectivity index (χ2n) is 4.39. The van der Waals surface area contributed by atoms with Gasteiger partial charge in [0.15, 0.2) is 11.5 Å². The van der Waals surface area contributed by atoms with Gasteiger partial charge in [-0.05, 0) is 12.1 Å². The number of methoxy groups -OCH3 is 4. The molecule has 0 aliphatic heterocycles. The van der Waals surface area contributed by atoms with Crippen molar-refractivity contribution in [1.82, 2.24) is 0 Å². The third kappa shape index (κ3) is 4.24. The Morgan fingerprint density at radius 2 is 1.48 bits per heavy atom. The number of hydrogen-bond donors (Lipinski definition) is 0. The molecule has 2 aromatic carbocycles. The Kier molecular flexibility index (Phi) is 7.52. The molecule has 0 unspecified atom stereocenters. The Balaban J connectivity index is 0.00000264. The molecule has 0 spiro atoms. The van der Waals surface area contributed by atoms with Gasteiger partial charge in [0.05, 0.1) is 28.4 Å². The van der Waals surface area contributed by atoms with Crippen LogP contribution in [0.2, 0.25) is 0 Å². The first-order valence-corrected chi connectivity index (χ1v) is 6.55. The van der Waals surface area contributed by atoms with Crippen LogP contribution in [0.4, 0.5) is 0 Å². The van der Waals surface area contributed by atoms with E-state index in [1.54, 1.807) is 37.4 Å². The minimum Gasteiger partial charge on any atom is -0.523 e. The number of hydrogen-bond acceptors (Lipinski definition) is 5. The molecule has 0 bridgehead atoms. The van der Waals surface area contributed by atoms with Crippen LogP contribution >= 0.6 is 0 Å². The molecule has 2 aromatic rings. The monoisotopic (exact) mass is 390 g/mol. The fraction of sp³-hybridized carbons (Fsp3) is 0.235. The number of rotatable bonds is 6. The average Bonchev–Trinajstić information content (AvgIpc) is 2.59. The number of carbonyl (C=O) groups excluding carboxylic acids is 1. The summed E-state index contributed by atoms with van der Waals surface area (Å²) in [6.07, 6.45) is 0. The van der Waals surface area contributed by atoms with Crippen molar-refractivity contribution in [3.63, 3.8) is 0 Å². The zero-order valence-corrected chi connectivity index (χ0v) is 16.3. The number of ketones is 1. The van der Waals surface area contributed by atoms with E-state index in [-0.39, 0.29) is 38.5 Å². The first kappa shape index (κ1) is 19.5. The number of benzene rings is 2. The van der Waals surface area contributed by atoms with Crippen LogP contribution in [-0.4, -0.2) is 34.2 Å². The van der Waals surface area contributed by atoms with Gasteiger partial charge in [0.1, 0.15) is 5.78 Å². The third-order valence-electron chi connectivity index (χ3n) is 3.19. The maximum atomic E-state index is 12.6. The summed E-state index contributed by atoms with van der Waals surface area (Å²) in [5, 5.41) is 0. The molecule has 0 heterocycles. The fourth-order valence-corrected chi connectivity index (χ4v) is 2.06. The Hall–Kier alpha value is -1.59. The van der Waals surface area contributed by atoms with E-state index in [0.717, 1.165) is 0 Å². The molecule has 5 nitrogen and oxygen atoms in total. The Bertz CT molecular complexity index is 642. The van der Waals surface area contributed by atoms with E-state index in [2.05, 4.69) is 6.07 Å². The van der Waals surface area contributed by atoms with Gasteiger partial charge in [0.2, 0.25) is 5.75 Å². The standard InChI is InChI=1S/C17H17O5.Y/c1-19-13-7-5-11(6-8-13)16(18)12-9-14(20-2)17(22-4)15(10-12)21-3;/h5-7,9-10H,1-4H3;/q-1;. The molecule has 0 atom stereocenters. The van der Waals surface area contributed by atoms with E-state index in [9.17, 15) is 4.79 Å². The predicted octanol–water partition coefficient (Wildman–Crippen LogP) is 2.75. The molecule has 1 radical (unpaired) electrons. The number of carbonyl (C=O) groups is 1. The molecule has 2 rings (SSSR count). The van der Waals surface area contributed by atoms with Crippen LogP contribution in [0.25, 0.3) is 0 Å². The SMILES string of the molecule is COc1[c-]cc(C(=O)c2cc(OC)c(OC)c(OC)c2)cc1.[Y]. The molecule has 0 saturated carbocycles.